The van der Waals surface area contributed by atoms with Crippen LogP contribution in [0.15, 0.2) is 0 Å². The number of likely N-dealkylation sites (tertiary alicyclic amines) is 1. The van der Waals surface area contributed by atoms with Crippen LogP contribution in [0.1, 0.15) is 32.1 Å². The van der Waals surface area contributed by atoms with E-state index >= 15 is 0 Å². The number of hydrogen-bond acceptors (Lipinski definition) is 3. The molecule has 1 rings (SSSR count). The highest BCUT2D eigenvalue weighted by molar-refractivity contribution is 5.77. The molecule has 1 aliphatic heterocycles. The molecule has 94 valence electrons. The molecule has 0 aliphatic carbocycles. The number of ether oxygens (including phenoxy) is 1. The SMILES string of the molecule is COCC(=O)NCCCN1CCCCCC1. The second kappa shape index (κ2) is 8.53. The minimum absolute atomic E-state index is 0.0154. The Balaban J connectivity index is 1.99. The van der Waals surface area contributed by atoms with Gasteiger partial charge in [-0.05, 0) is 38.9 Å². The maximum absolute atomic E-state index is 11.1. The Hall–Kier alpha value is -0.610. The monoisotopic (exact) mass is 228 g/mol. The molecule has 0 atom stereocenters. The van der Waals surface area contributed by atoms with Crippen LogP contribution >= 0.6 is 0 Å². The van der Waals surface area contributed by atoms with E-state index in [0.717, 1.165) is 19.5 Å². The van der Waals surface area contributed by atoms with Crippen molar-refractivity contribution in [3.8, 4) is 0 Å². The summed E-state index contributed by atoms with van der Waals surface area (Å²) >= 11 is 0. The number of carbonyl (C=O) groups excluding carboxylic acids is 1. The van der Waals surface area contributed by atoms with Crippen molar-refractivity contribution in [2.24, 2.45) is 0 Å². The molecule has 0 unspecified atom stereocenters. The zero-order chi connectivity index (χ0) is 11.6. The van der Waals surface area contributed by atoms with Gasteiger partial charge >= 0.3 is 0 Å². The fraction of sp³-hybridized carbons (Fsp3) is 0.917. The molecule has 4 nitrogen and oxygen atoms in total. The summed E-state index contributed by atoms with van der Waals surface area (Å²) in [7, 11) is 1.54. The molecule has 1 saturated heterocycles. The first kappa shape index (κ1) is 13.5. The van der Waals surface area contributed by atoms with E-state index in [2.05, 4.69) is 10.2 Å². The summed E-state index contributed by atoms with van der Waals surface area (Å²) in [5, 5.41) is 2.85. The van der Waals surface area contributed by atoms with Crippen LogP contribution < -0.4 is 5.32 Å². The lowest BCUT2D eigenvalue weighted by molar-refractivity contribution is -0.124. The van der Waals surface area contributed by atoms with Crippen molar-refractivity contribution in [3.63, 3.8) is 0 Å². The van der Waals surface area contributed by atoms with Crippen LogP contribution in [0.25, 0.3) is 0 Å². The van der Waals surface area contributed by atoms with E-state index in [1.54, 1.807) is 0 Å². The van der Waals surface area contributed by atoms with Crippen LogP contribution in [0.5, 0.6) is 0 Å². The fourth-order valence-electron chi connectivity index (χ4n) is 2.07. The summed E-state index contributed by atoms with van der Waals surface area (Å²) in [6.07, 6.45) is 6.45. The summed E-state index contributed by atoms with van der Waals surface area (Å²) in [4.78, 5) is 13.6. The molecule has 1 N–H and O–H groups in total. The third kappa shape index (κ3) is 6.08. The van der Waals surface area contributed by atoms with Gasteiger partial charge in [-0.1, -0.05) is 12.8 Å². The van der Waals surface area contributed by atoms with Crippen LogP contribution in [0.3, 0.4) is 0 Å². The highest BCUT2D eigenvalue weighted by Crippen LogP contribution is 2.09. The van der Waals surface area contributed by atoms with Crippen molar-refractivity contribution in [2.45, 2.75) is 32.1 Å². The molecule has 0 aromatic rings. The quantitative estimate of drug-likeness (QED) is 0.690. The maximum Gasteiger partial charge on any atom is 0.245 e. The van der Waals surface area contributed by atoms with E-state index in [0.29, 0.717) is 0 Å². The van der Waals surface area contributed by atoms with Crippen molar-refractivity contribution >= 4 is 5.91 Å². The molecule has 4 heteroatoms. The maximum atomic E-state index is 11.1. The Labute approximate surface area is 98.3 Å². The van der Waals surface area contributed by atoms with Gasteiger partial charge in [0.15, 0.2) is 0 Å². The predicted octanol–water partition coefficient (Wildman–Crippen LogP) is 1.02. The Morgan fingerprint density at radius 2 is 1.94 bits per heavy atom. The smallest absolute Gasteiger partial charge is 0.245 e. The summed E-state index contributed by atoms with van der Waals surface area (Å²) in [5.41, 5.74) is 0. The average Bonchev–Trinajstić information content (AvgIpc) is 2.53. The van der Waals surface area contributed by atoms with Crippen molar-refractivity contribution in [1.29, 1.82) is 0 Å². The topological polar surface area (TPSA) is 41.6 Å². The molecule has 0 aromatic carbocycles. The van der Waals surface area contributed by atoms with E-state index in [9.17, 15) is 4.79 Å². The fourth-order valence-corrected chi connectivity index (χ4v) is 2.07. The molecule has 0 radical (unpaired) electrons. The summed E-state index contributed by atoms with van der Waals surface area (Å²) < 4.78 is 4.74. The minimum Gasteiger partial charge on any atom is -0.375 e. The number of carbonyl (C=O) groups is 1. The molecule has 0 bridgehead atoms. The van der Waals surface area contributed by atoms with Gasteiger partial charge in [-0.25, -0.2) is 0 Å². The van der Waals surface area contributed by atoms with E-state index < -0.39 is 0 Å². The summed E-state index contributed by atoms with van der Waals surface area (Å²) in [5.74, 6) is -0.0154. The third-order valence-corrected chi connectivity index (χ3v) is 2.95. The number of nitrogens with one attached hydrogen (secondary N) is 1. The van der Waals surface area contributed by atoms with E-state index in [-0.39, 0.29) is 12.5 Å². The predicted molar refractivity (Wildman–Crippen MR) is 64.4 cm³/mol. The summed E-state index contributed by atoms with van der Waals surface area (Å²) in [6, 6.07) is 0. The van der Waals surface area contributed by atoms with Gasteiger partial charge in [0.1, 0.15) is 6.61 Å². The van der Waals surface area contributed by atoms with Crippen molar-refractivity contribution in [3.05, 3.63) is 0 Å². The van der Waals surface area contributed by atoms with E-state index in [1.165, 1.54) is 45.9 Å². The Morgan fingerprint density at radius 3 is 2.56 bits per heavy atom. The van der Waals surface area contributed by atoms with Gasteiger partial charge in [-0.15, -0.1) is 0 Å². The van der Waals surface area contributed by atoms with E-state index in [4.69, 9.17) is 4.74 Å². The molecule has 1 heterocycles. The van der Waals surface area contributed by atoms with Gasteiger partial charge in [-0.2, -0.15) is 0 Å². The molecule has 0 aromatic heterocycles. The molecule has 0 saturated carbocycles. The molecule has 1 fully saturated rings. The lowest BCUT2D eigenvalue weighted by Gasteiger charge is -2.19. The first-order valence-electron chi connectivity index (χ1n) is 6.31. The van der Waals surface area contributed by atoms with Gasteiger partial charge in [0.25, 0.3) is 0 Å². The number of amides is 1. The minimum atomic E-state index is -0.0154. The second-order valence-corrected chi connectivity index (χ2v) is 4.39. The van der Waals surface area contributed by atoms with Crippen LogP contribution in [0, 0.1) is 0 Å². The highest BCUT2D eigenvalue weighted by atomic mass is 16.5. The second-order valence-electron chi connectivity index (χ2n) is 4.39. The van der Waals surface area contributed by atoms with Crippen molar-refractivity contribution < 1.29 is 9.53 Å². The largest absolute Gasteiger partial charge is 0.375 e. The first-order valence-corrected chi connectivity index (χ1v) is 6.31. The lowest BCUT2D eigenvalue weighted by Crippen LogP contribution is -2.32. The zero-order valence-corrected chi connectivity index (χ0v) is 10.3. The normalized spacial score (nSPS) is 18.1. The zero-order valence-electron chi connectivity index (χ0n) is 10.3. The number of rotatable bonds is 6. The molecule has 1 amide bonds. The van der Waals surface area contributed by atoms with Gasteiger partial charge in [0.2, 0.25) is 5.91 Å². The Kier molecular flexibility index (Phi) is 7.17. The molecule has 1 aliphatic rings. The van der Waals surface area contributed by atoms with Crippen molar-refractivity contribution in [1.82, 2.24) is 10.2 Å². The van der Waals surface area contributed by atoms with Crippen LogP contribution in [-0.2, 0) is 9.53 Å². The summed E-state index contributed by atoms with van der Waals surface area (Å²) in [6.45, 7) is 4.49. The first-order chi connectivity index (χ1) is 7.83. The Bertz CT molecular complexity index is 189. The van der Waals surface area contributed by atoms with Crippen LogP contribution in [-0.4, -0.2) is 50.7 Å². The van der Waals surface area contributed by atoms with Crippen LogP contribution in [0.4, 0.5) is 0 Å². The van der Waals surface area contributed by atoms with Gasteiger partial charge < -0.3 is 15.0 Å². The third-order valence-electron chi connectivity index (χ3n) is 2.95. The number of hydrogen-bond donors (Lipinski definition) is 1. The standard InChI is InChI=1S/C12H24N2O2/c1-16-11-12(15)13-7-6-10-14-8-4-2-3-5-9-14/h2-11H2,1H3,(H,13,15). The average molecular weight is 228 g/mol. The van der Waals surface area contributed by atoms with Crippen LogP contribution in [0.2, 0.25) is 0 Å². The molecular weight excluding hydrogens is 204 g/mol. The highest BCUT2D eigenvalue weighted by Gasteiger charge is 2.08. The number of methoxy groups -OCH3 is 1. The lowest BCUT2D eigenvalue weighted by atomic mass is 10.2. The van der Waals surface area contributed by atoms with E-state index in [1.807, 2.05) is 0 Å². The van der Waals surface area contributed by atoms with Gasteiger partial charge in [0, 0.05) is 13.7 Å². The molecule has 16 heavy (non-hydrogen) atoms. The Morgan fingerprint density at radius 1 is 1.25 bits per heavy atom. The molecular formula is C12H24N2O2. The molecule has 0 spiro atoms. The number of nitrogens with zero attached hydrogens (tertiary/aromatic N) is 1. The van der Waals surface area contributed by atoms with Gasteiger partial charge in [0.05, 0.1) is 0 Å². The van der Waals surface area contributed by atoms with Crippen molar-refractivity contribution in [2.75, 3.05) is 39.9 Å². The van der Waals surface area contributed by atoms with Gasteiger partial charge in [-0.3, -0.25) is 4.79 Å².